The van der Waals surface area contributed by atoms with Gasteiger partial charge in [0.2, 0.25) is 5.91 Å². The zero-order chi connectivity index (χ0) is 24.5. The summed E-state index contributed by atoms with van der Waals surface area (Å²) in [4.78, 5) is 30.1. The Kier molecular flexibility index (Phi) is 8.52. The first kappa shape index (κ1) is 24.5. The minimum Gasteiger partial charge on any atom is -0.353 e. The van der Waals surface area contributed by atoms with E-state index in [0.717, 1.165) is 36.3 Å². The summed E-state index contributed by atoms with van der Waals surface area (Å²) in [5.74, 6) is -0.134. The van der Waals surface area contributed by atoms with Gasteiger partial charge >= 0.3 is 6.03 Å². The highest BCUT2D eigenvalue weighted by Gasteiger charge is 2.27. The lowest BCUT2D eigenvalue weighted by Crippen LogP contribution is -2.51. The Balaban J connectivity index is 1.40. The average Bonchev–Trinajstić information content (AvgIpc) is 3.42. The van der Waals surface area contributed by atoms with Crippen LogP contribution >= 0.6 is 0 Å². The van der Waals surface area contributed by atoms with Gasteiger partial charge in [-0.3, -0.25) is 4.79 Å². The first-order valence-corrected chi connectivity index (χ1v) is 12.3. The number of carbonyl (C=O) groups excluding carboxylic acids is 2. The molecule has 0 radical (unpaired) electrons. The summed E-state index contributed by atoms with van der Waals surface area (Å²) >= 11 is 0. The van der Waals surface area contributed by atoms with Crippen LogP contribution in [0.4, 0.5) is 10.5 Å². The topological polar surface area (TPSA) is 64.7 Å². The molecule has 0 unspecified atom stereocenters. The van der Waals surface area contributed by atoms with Crippen LogP contribution in [0.5, 0.6) is 0 Å². The Morgan fingerprint density at radius 3 is 2.11 bits per heavy atom. The van der Waals surface area contributed by atoms with Crippen molar-refractivity contribution in [2.45, 2.75) is 25.3 Å². The van der Waals surface area contributed by atoms with Crippen molar-refractivity contribution in [3.8, 4) is 11.1 Å². The van der Waals surface area contributed by atoms with Gasteiger partial charge in [0.05, 0.1) is 0 Å². The zero-order valence-electron chi connectivity index (χ0n) is 20.3. The maximum atomic E-state index is 13.2. The number of nitrogens with one attached hydrogen (secondary N) is 2. The van der Waals surface area contributed by atoms with Gasteiger partial charge in [-0.05, 0) is 54.8 Å². The lowest BCUT2D eigenvalue weighted by molar-refractivity contribution is -0.125. The van der Waals surface area contributed by atoms with Crippen molar-refractivity contribution in [3.05, 3.63) is 90.5 Å². The van der Waals surface area contributed by atoms with Gasteiger partial charge in [-0.15, -0.1) is 0 Å². The number of carbonyl (C=O) groups is 2. The van der Waals surface area contributed by atoms with Gasteiger partial charge in [-0.2, -0.15) is 0 Å². The van der Waals surface area contributed by atoms with Crippen molar-refractivity contribution in [1.82, 2.24) is 15.1 Å². The molecule has 182 valence electrons. The Labute approximate surface area is 207 Å². The van der Waals surface area contributed by atoms with Crippen LogP contribution < -0.4 is 10.6 Å². The molecule has 1 atom stereocenters. The maximum Gasteiger partial charge on any atom is 0.322 e. The molecule has 1 aliphatic heterocycles. The lowest BCUT2D eigenvalue weighted by Gasteiger charge is -2.28. The molecule has 6 nitrogen and oxygen atoms in total. The average molecular weight is 471 g/mol. The third-order valence-electron chi connectivity index (χ3n) is 6.53. The summed E-state index contributed by atoms with van der Waals surface area (Å²) in [6, 6.07) is 26.7. The van der Waals surface area contributed by atoms with Crippen molar-refractivity contribution in [2.24, 2.45) is 0 Å². The maximum absolute atomic E-state index is 13.2. The number of likely N-dealkylation sites (N-methyl/N-ethyl adjacent to an activating group) is 1. The van der Waals surface area contributed by atoms with E-state index >= 15 is 0 Å². The summed E-state index contributed by atoms with van der Waals surface area (Å²) in [6.45, 7) is 3.61. The fraction of sp³-hybridized carbons (Fsp3) is 0.310. The molecular weight excluding hydrogens is 436 g/mol. The van der Waals surface area contributed by atoms with Crippen LogP contribution in [0.1, 0.15) is 18.4 Å². The summed E-state index contributed by atoms with van der Waals surface area (Å²) < 4.78 is 0. The minimum atomic E-state index is -0.612. The van der Waals surface area contributed by atoms with Crippen LogP contribution in [-0.4, -0.2) is 61.0 Å². The quantitative estimate of drug-likeness (QED) is 0.479. The monoisotopic (exact) mass is 470 g/mol. The molecule has 4 rings (SSSR count). The number of likely N-dealkylation sites (tertiary alicyclic amines) is 1. The minimum absolute atomic E-state index is 0.134. The second-order valence-corrected chi connectivity index (χ2v) is 9.03. The number of benzene rings is 3. The normalized spacial score (nSPS) is 14.3. The molecule has 2 N–H and O–H groups in total. The summed E-state index contributed by atoms with van der Waals surface area (Å²) in [5, 5.41) is 5.99. The van der Waals surface area contributed by atoms with Crippen molar-refractivity contribution in [1.29, 1.82) is 0 Å². The zero-order valence-corrected chi connectivity index (χ0v) is 20.3. The number of amides is 3. The molecule has 0 bridgehead atoms. The Hall–Kier alpha value is -3.64. The molecule has 1 fully saturated rings. The Morgan fingerprint density at radius 1 is 0.857 bits per heavy atom. The molecule has 1 heterocycles. The van der Waals surface area contributed by atoms with Gasteiger partial charge in [-0.25, -0.2) is 4.79 Å². The first-order chi connectivity index (χ1) is 17.1. The van der Waals surface area contributed by atoms with E-state index in [9.17, 15) is 9.59 Å². The van der Waals surface area contributed by atoms with Crippen LogP contribution in [0.2, 0.25) is 0 Å². The second-order valence-electron chi connectivity index (χ2n) is 9.03. The number of rotatable bonds is 9. The van der Waals surface area contributed by atoms with Gasteiger partial charge in [-0.1, -0.05) is 72.8 Å². The summed E-state index contributed by atoms with van der Waals surface area (Å²) in [6.07, 6.45) is 2.90. The number of hydrogen-bond acceptors (Lipinski definition) is 3. The van der Waals surface area contributed by atoms with E-state index in [0.29, 0.717) is 18.7 Å². The van der Waals surface area contributed by atoms with Gasteiger partial charge < -0.3 is 20.4 Å². The molecule has 1 saturated heterocycles. The molecule has 3 aromatic rings. The third kappa shape index (κ3) is 6.93. The predicted molar refractivity (Wildman–Crippen MR) is 141 cm³/mol. The van der Waals surface area contributed by atoms with Crippen LogP contribution in [0.3, 0.4) is 0 Å². The summed E-state index contributed by atoms with van der Waals surface area (Å²) in [7, 11) is 1.68. The highest BCUT2D eigenvalue weighted by atomic mass is 16.2. The van der Waals surface area contributed by atoms with E-state index in [1.165, 1.54) is 17.7 Å². The molecule has 3 aromatic carbocycles. The molecular formula is C29H34N4O2. The van der Waals surface area contributed by atoms with E-state index in [2.05, 4.69) is 27.7 Å². The van der Waals surface area contributed by atoms with Crippen LogP contribution in [0, 0.1) is 0 Å². The lowest BCUT2D eigenvalue weighted by atomic mass is 10.0. The molecule has 3 amide bonds. The molecule has 0 spiro atoms. The van der Waals surface area contributed by atoms with E-state index in [4.69, 9.17) is 0 Å². The number of nitrogens with zero attached hydrogens (tertiary/aromatic N) is 2. The van der Waals surface area contributed by atoms with Gasteiger partial charge in [0.1, 0.15) is 6.04 Å². The Bertz CT molecular complexity index is 1080. The van der Waals surface area contributed by atoms with E-state index in [1.807, 2.05) is 72.8 Å². The van der Waals surface area contributed by atoms with E-state index in [1.54, 1.807) is 7.05 Å². The first-order valence-electron chi connectivity index (χ1n) is 12.3. The smallest absolute Gasteiger partial charge is 0.322 e. The van der Waals surface area contributed by atoms with E-state index < -0.39 is 6.04 Å². The van der Waals surface area contributed by atoms with E-state index in [-0.39, 0.29) is 11.9 Å². The number of hydrogen-bond donors (Lipinski definition) is 2. The van der Waals surface area contributed by atoms with Crippen molar-refractivity contribution < 1.29 is 9.59 Å². The van der Waals surface area contributed by atoms with Crippen molar-refractivity contribution >= 4 is 17.6 Å². The van der Waals surface area contributed by atoms with Gasteiger partial charge in [0, 0.05) is 32.2 Å². The Morgan fingerprint density at radius 2 is 1.46 bits per heavy atom. The number of urea groups is 1. The van der Waals surface area contributed by atoms with Crippen molar-refractivity contribution in [3.63, 3.8) is 0 Å². The standard InChI is InChI=1S/C29H34N4O2/c1-32(29(35)31-26-16-14-25(15-17-26)24-12-6-3-7-13-24)27(22-23-10-4-2-5-11-23)28(34)30-18-21-33-19-8-9-20-33/h2-7,10-17,27H,8-9,18-22H2,1H3,(H,30,34)(H,31,35)/t27-/m0/s1. The molecule has 0 saturated carbocycles. The molecule has 6 heteroatoms. The van der Waals surface area contributed by atoms with Crippen LogP contribution in [-0.2, 0) is 11.2 Å². The highest BCUT2D eigenvalue weighted by Crippen LogP contribution is 2.21. The molecule has 0 aliphatic carbocycles. The summed E-state index contributed by atoms with van der Waals surface area (Å²) in [5.41, 5.74) is 3.90. The van der Waals surface area contributed by atoms with Gasteiger partial charge in [0.25, 0.3) is 0 Å². The molecule has 0 aromatic heterocycles. The van der Waals surface area contributed by atoms with Crippen molar-refractivity contribution in [2.75, 3.05) is 38.5 Å². The molecule has 35 heavy (non-hydrogen) atoms. The van der Waals surface area contributed by atoms with Crippen LogP contribution in [0.25, 0.3) is 11.1 Å². The highest BCUT2D eigenvalue weighted by molar-refractivity contribution is 5.94. The van der Waals surface area contributed by atoms with Gasteiger partial charge in [0.15, 0.2) is 0 Å². The number of anilines is 1. The third-order valence-corrected chi connectivity index (χ3v) is 6.53. The second kappa shape index (κ2) is 12.2. The fourth-order valence-electron chi connectivity index (χ4n) is 4.43. The predicted octanol–water partition coefficient (Wildman–Crippen LogP) is 4.64. The largest absolute Gasteiger partial charge is 0.353 e. The SMILES string of the molecule is CN(C(=O)Nc1ccc(-c2ccccc2)cc1)[C@@H](Cc1ccccc1)C(=O)NCCN1CCCC1. The van der Waals surface area contributed by atoms with Crippen LogP contribution in [0.15, 0.2) is 84.9 Å². The molecule has 1 aliphatic rings. The fourth-order valence-corrected chi connectivity index (χ4v) is 4.43.